The molecule has 23 heavy (non-hydrogen) atoms. The van der Waals surface area contributed by atoms with E-state index < -0.39 is 5.56 Å². The van der Waals surface area contributed by atoms with Gasteiger partial charge in [-0.25, -0.2) is 0 Å². The third-order valence-corrected chi connectivity index (χ3v) is 3.63. The van der Waals surface area contributed by atoms with Gasteiger partial charge in [-0.15, -0.1) is 0 Å². The smallest absolute Gasteiger partial charge is 0.258 e. The Labute approximate surface area is 130 Å². The normalized spacial score (nSPS) is 13.0. The van der Waals surface area contributed by atoms with E-state index in [1.165, 1.54) is 6.21 Å². The van der Waals surface area contributed by atoms with Crippen LogP contribution in [0.5, 0.6) is 17.4 Å². The zero-order valence-corrected chi connectivity index (χ0v) is 11.9. The van der Waals surface area contributed by atoms with E-state index in [4.69, 9.17) is 9.47 Å². The number of H-pyrrole nitrogens is 1. The van der Waals surface area contributed by atoms with Crippen molar-refractivity contribution in [3.63, 3.8) is 0 Å². The van der Waals surface area contributed by atoms with Crippen LogP contribution in [-0.4, -0.2) is 23.1 Å². The highest BCUT2D eigenvalue weighted by atomic mass is 16.7. The summed E-state index contributed by atoms with van der Waals surface area (Å²) in [5, 5.41) is 11.1. The van der Waals surface area contributed by atoms with Gasteiger partial charge in [-0.2, -0.15) is 0 Å². The molecule has 0 aliphatic carbocycles. The van der Waals surface area contributed by atoms with Crippen molar-refractivity contribution in [1.82, 2.24) is 4.98 Å². The average Bonchev–Trinajstić information content (AvgIpc) is 3.01. The molecule has 0 unspecified atom stereocenters. The number of aromatic nitrogens is 1. The van der Waals surface area contributed by atoms with Crippen molar-refractivity contribution in [1.29, 1.82) is 0 Å². The Balaban J connectivity index is 1.92. The van der Waals surface area contributed by atoms with E-state index in [0.29, 0.717) is 27.8 Å². The van der Waals surface area contributed by atoms with Crippen molar-refractivity contribution in [2.45, 2.75) is 0 Å². The standard InChI is InChI=1S/C17H12N2O4/c20-16-12-7-15-14(22-9-23-15)6-11(12)13(17(21)19-16)8-18-10-4-2-1-3-5-10/h1-8H,9H2,(H2,19,20,21). The van der Waals surface area contributed by atoms with Gasteiger partial charge in [-0.05, 0) is 24.3 Å². The van der Waals surface area contributed by atoms with Crippen LogP contribution >= 0.6 is 0 Å². The molecule has 1 aliphatic heterocycles. The lowest BCUT2D eigenvalue weighted by Gasteiger charge is -2.06. The molecule has 6 nitrogen and oxygen atoms in total. The SMILES string of the molecule is O=c1[nH]c(O)c(C=Nc2ccccc2)c2cc3c(cc12)OCO3. The summed E-state index contributed by atoms with van der Waals surface area (Å²) < 4.78 is 10.6. The van der Waals surface area contributed by atoms with Crippen LogP contribution in [0, 0.1) is 0 Å². The summed E-state index contributed by atoms with van der Waals surface area (Å²) in [6.07, 6.45) is 1.52. The van der Waals surface area contributed by atoms with Crippen LogP contribution in [0.2, 0.25) is 0 Å². The predicted molar refractivity (Wildman–Crippen MR) is 86.1 cm³/mol. The summed E-state index contributed by atoms with van der Waals surface area (Å²) in [6.45, 7) is 0.114. The van der Waals surface area contributed by atoms with Gasteiger partial charge in [0.05, 0.1) is 16.6 Å². The second kappa shape index (κ2) is 5.17. The van der Waals surface area contributed by atoms with Crippen molar-refractivity contribution in [2.24, 2.45) is 4.99 Å². The number of aromatic hydroxyl groups is 1. The van der Waals surface area contributed by atoms with Gasteiger partial charge in [-0.1, -0.05) is 18.2 Å². The lowest BCUT2D eigenvalue weighted by Crippen LogP contribution is -2.08. The van der Waals surface area contributed by atoms with Crippen LogP contribution in [0.25, 0.3) is 10.8 Å². The van der Waals surface area contributed by atoms with Gasteiger partial charge < -0.3 is 14.6 Å². The summed E-state index contributed by atoms with van der Waals surface area (Å²) in [7, 11) is 0. The molecule has 0 spiro atoms. The zero-order chi connectivity index (χ0) is 15.8. The predicted octanol–water partition coefficient (Wildman–Crippen LogP) is 2.71. The number of benzene rings is 2. The molecular formula is C17H12N2O4. The molecule has 0 radical (unpaired) electrons. The molecule has 114 valence electrons. The minimum Gasteiger partial charge on any atom is -0.494 e. The molecule has 6 heteroatoms. The van der Waals surface area contributed by atoms with Gasteiger partial charge in [0.25, 0.3) is 5.56 Å². The van der Waals surface area contributed by atoms with Gasteiger partial charge in [0.1, 0.15) is 0 Å². The van der Waals surface area contributed by atoms with E-state index >= 15 is 0 Å². The Kier molecular flexibility index (Phi) is 3.01. The molecule has 2 aromatic carbocycles. The molecule has 1 aromatic heterocycles. The minimum atomic E-state index is -0.396. The maximum absolute atomic E-state index is 12.1. The lowest BCUT2D eigenvalue weighted by molar-refractivity contribution is 0.174. The quantitative estimate of drug-likeness (QED) is 0.713. The Morgan fingerprint density at radius 3 is 2.52 bits per heavy atom. The number of ether oxygens (including phenoxy) is 2. The van der Waals surface area contributed by atoms with E-state index in [2.05, 4.69) is 9.98 Å². The highest BCUT2D eigenvalue weighted by Crippen LogP contribution is 2.36. The van der Waals surface area contributed by atoms with Crippen molar-refractivity contribution in [3.8, 4) is 17.4 Å². The van der Waals surface area contributed by atoms with Crippen molar-refractivity contribution in [2.75, 3.05) is 6.79 Å². The summed E-state index contributed by atoms with van der Waals surface area (Å²) in [5.41, 5.74) is 0.765. The molecule has 0 atom stereocenters. The van der Waals surface area contributed by atoms with Crippen LogP contribution in [0.3, 0.4) is 0 Å². The topological polar surface area (TPSA) is 83.9 Å². The van der Waals surface area contributed by atoms with E-state index in [1.54, 1.807) is 12.1 Å². The number of aliphatic imine (C=N–C) groups is 1. The Hall–Kier alpha value is -3.28. The Morgan fingerprint density at radius 2 is 1.78 bits per heavy atom. The maximum Gasteiger partial charge on any atom is 0.258 e. The van der Waals surface area contributed by atoms with Crippen LogP contribution in [0.1, 0.15) is 5.56 Å². The molecule has 0 amide bonds. The molecule has 2 heterocycles. The Morgan fingerprint density at radius 1 is 1.09 bits per heavy atom. The fourth-order valence-electron chi connectivity index (χ4n) is 2.51. The molecule has 0 saturated carbocycles. The number of fused-ring (bicyclic) bond motifs is 2. The summed E-state index contributed by atoms with van der Waals surface area (Å²) in [5.74, 6) is 0.817. The first-order chi connectivity index (χ1) is 11.2. The summed E-state index contributed by atoms with van der Waals surface area (Å²) in [4.78, 5) is 18.8. The van der Waals surface area contributed by atoms with Gasteiger partial charge in [0, 0.05) is 11.6 Å². The third kappa shape index (κ3) is 2.30. The number of para-hydroxylation sites is 1. The lowest BCUT2D eigenvalue weighted by atomic mass is 10.1. The van der Waals surface area contributed by atoms with Crippen LogP contribution < -0.4 is 15.0 Å². The molecule has 3 aromatic rings. The molecule has 0 fully saturated rings. The minimum absolute atomic E-state index is 0.114. The maximum atomic E-state index is 12.1. The van der Waals surface area contributed by atoms with Crippen molar-refractivity contribution >= 4 is 22.7 Å². The van der Waals surface area contributed by atoms with E-state index in [9.17, 15) is 9.90 Å². The van der Waals surface area contributed by atoms with Gasteiger partial charge in [-0.3, -0.25) is 14.8 Å². The number of aromatic amines is 1. The molecule has 2 N–H and O–H groups in total. The molecule has 0 bridgehead atoms. The largest absolute Gasteiger partial charge is 0.494 e. The highest BCUT2D eigenvalue weighted by molar-refractivity contribution is 6.03. The number of nitrogens with one attached hydrogen (secondary N) is 1. The Bertz CT molecular complexity index is 977. The molecular weight excluding hydrogens is 296 g/mol. The first-order valence-corrected chi connectivity index (χ1v) is 7.00. The monoisotopic (exact) mass is 308 g/mol. The number of hydrogen-bond donors (Lipinski definition) is 2. The molecule has 4 rings (SSSR count). The fourth-order valence-corrected chi connectivity index (χ4v) is 2.51. The molecule has 1 aliphatic rings. The van der Waals surface area contributed by atoms with Crippen molar-refractivity contribution < 1.29 is 14.6 Å². The highest BCUT2D eigenvalue weighted by Gasteiger charge is 2.18. The van der Waals surface area contributed by atoms with Crippen molar-refractivity contribution in [3.05, 3.63) is 58.4 Å². The second-order valence-electron chi connectivity index (χ2n) is 5.06. The van der Waals surface area contributed by atoms with Gasteiger partial charge >= 0.3 is 0 Å². The zero-order valence-electron chi connectivity index (χ0n) is 11.9. The number of nitrogens with zero attached hydrogens (tertiary/aromatic N) is 1. The van der Waals surface area contributed by atoms with Crippen LogP contribution in [0.4, 0.5) is 5.69 Å². The number of hydrogen-bond acceptors (Lipinski definition) is 5. The summed E-state index contributed by atoms with van der Waals surface area (Å²) >= 11 is 0. The van der Waals surface area contributed by atoms with E-state index in [1.807, 2.05) is 30.3 Å². The van der Waals surface area contributed by atoms with Crippen LogP contribution in [-0.2, 0) is 0 Å². The summed E-state index contributed by atoms with van der Waals surface area (Å²) in [6, 6.07) is 12.6. The number of pyridine rings is 1. The van der Waals surface area contributed by atoms with Gasteiger partial charge in [0.2, 0.25) is 12.7 Å². The first-order valence-electron chi connectivity index (χ1n) is 7.00. The fraction of sp³-hybridized carbons (Fsp3) is 0.0588. The third-order valence-electron chi connectivity index (χ3n) is 3.63. The van der Waals surface area contributed by atoms with E-state index in [0.717, 1.165) is 5.69 Å². The second-order valence-corrected chi connectivity index (χ2v) is 5.06. The van der Waals surface area contributed by atoms with E-state index in [-0.39, 0.29) is 12.7 Å². The average molecular weight is 308 g/mol. The number of rotatable bonds is 2. The first kappa shape index (κ1) is 13.4. The van der Waals surface area contributed by atoms with Gasteiger partial charge in [0.15, 0.2) is 11.5 Å². The molecule has 0 saturated heterocycles. The van der Waals surface area contributed by atoms with Crippen LogP contribution in [0.15, 0.2) is 52.3 Å².